The lowest BCUT2D eigenvalue weighted by atomic mass is 9.75. The molecule has 3 fully saturated rings. The summed E-state index contributed by atoms with van der Waals surface area (Å²) in [5, 5.41) is 3.21. The van der Waals surface area contributed by atoms with Gasteiger partial charge < -0.3 is 24.6 Å². The van der Waals surface area contributed by atoms with E-state index in [2.05, 4.69) is 80.1 Å². The number of hydrogen-bond acceptors (Lipinski definition) is 6. The smallest absolute Gasteiger partial charge is 0.251 e. The van der Waals surface area contributed by atoms with Crippen LogP contribution in [0.4, 0.5) is 5.69 Å². The predicted molar refractivity (Wildman–Crippen MR) is 221 cm³/mol. The van der Waals surface area contributed by atoms with Gasteiger partial charge in [0.1, 0.15) is 6.29 Å². The third-order valence-corrected chi connectivity index (χ3v) is 13.2. The van der Waals surface area contributed by atoms with Gasteiger partial charge in [0, 0.05) is 75.9 Å². The summed E-state index contributed by atoms with van der Waals surface area (Å²) in [6.07, 6.45) is 14.5. The van der Waals surface area contributed by atoms with Gasteiger partial charge in [-0.1, -0.05) is 77.1 Å². The predicted octanol–water partition coefficient (Wildman–Crippen LogP) is 8.68. The van der Waals surface area contributed by atoms with E-state index in [0.29, 0.717) is 23.4 Å². The Labute approximate surface area is 326 Å². The van der Waals surface area contributed by atoms with Gasteiger partial charge in [0.2, 0.25) is 5.91 Å². The summed E-state index contributed by atoms with van der Waals surface area (Å²) < 4.78 is 5.54. The van der Waals surface area contributed by atoms with Crippen LogP contribution in [-0.2, 0) is 20.9 Å². The van der Waals surface area contributed by atoms with Gasteiger partial charge in [-0.05, 0) is 104 Å². The van der Waals surface area contributed by atoms with Crippen molar-refractivity contribution in [3.63, 3.8) is 0 Å². The van der Waals surface area contributed by atoms with Crippen molar-refractivity contribution < 1.29 is 19.1 Å². The molecule has 2 aliphatic heterocycles. The SMILES string of the molecule is CCN(c1cc(-c2ccc(CN3CCOCC3)cc2)cc(C(=O)NCC(C=O)C(C)CC(C)CCC2(C)CCCCCC2)c1C)C1CCN(C(C)=O)CC1. The van der Waals surface area contributed by atoms with Gasteiger partial charge in [0.25, 0.3) is 5.91 Å². The summed E-state index contributed by atoms with van der Waals surface area (Å²) in [6, 6.07) is 13.3. The van der Waals surface area contributed by atoms with Gasteiger partial charge in [-0.25, -0.2) is 0 Å². The molecule has 0 bridgehead atoms. The molecule has 5 rings (SSSR count). The molecule has 1 N–H and O–H groups in total. The van der Waals surface area contributed by atoms with Crippen molar-refractivity contribution in [2.75, 3.05) is 57.4 Å². The van der Waals surface area contributed by atoms with Crippen molar-refractivity contribution in [1.82, 2.24) is 15.1 Å². The Morgan fingerprint density at radius 2 is 1.65 bits per heavy atom. The van der Waals surface area contributed by atoms with Crippen molar-refractivity contribution in [1.29, 1.82) is 0 Å². The number of aldehydes is 1. The Kier molecular flexibility index (Phi) is 15.6. The topological polar surface area (TPSA) is 82.2 Å². The highest BCUT2D eigenvalue weighted by molar-refractivity contribution is 5.99. The first-order valence-corrected chi connectivity index (χ1v) is 21.3. The van der Waals surface area contributed by atoms with Gasteiger partial charge in [0.05, 0.1) is 13.2 Å². The summed E-state index contributed by atoms with van der Waals surface area (Å²) in [5.41, 5.74) is 6.48. The fourth-order valence-corrected chi connectivity index (χ4v) is 9.38. The Morgan fingerprint density at radius 3 is 2.26 bits per heavy atom. The van der Waals surface area contributed by atoms with E-state index < -0.39 is 0 Å². The zero-order chi connectivity index (χ0) is 38.7. The van der Waals surface area contributed by atoms with Crippen LogP contribution in [-0.4, -0.2) is 86.4 Å². The number of anilines is 1. The maximum atomic E-state index is 14.2. The van der Waals surface area contributed by atoms with Gasteiger partial charge in [-0.15, -0.1) is 0 Å². The maximum Gasteiger partial charge on any atom is 0.251 e. The number of nitrogens with one attached hydrogen (secondary N) is 1. The molecule has 2 aromatic carbocycles. The van der Waals surface area contributed by atoms with Crippen LogP contribution in [0.1, 0.15) is 127 Å². The molecule has 1 aliphatic carbocycles. The number of nitrogens with zero attached hydrogens (tertiary/aromatic N) is 3. The average molecular weight is 743 g/mol. The van der Waals surface area contributed by atoms with Crippen molar-refractivity contribution in [2.45, 2.75) is 125 Å². The average Bonchev–Trinajstić information content (AvgIpc) is 3.40. The Balaban J connectivity index is 1.31. The first kappa shape index (κ1) is 41.9. The monoisotopic (exact) mass is 743 g/mol. The van der Waals surface area contributed by atoms with Crippen LogP contribution in [0, 0.1) is 30.1 Å². The number of ether oxygens (including phenoxy) is 1. The van der Waals surface area contributed by atoms with Crippen molar-refractivity contribution in [3.8, 4) is 11.1 Å². The van der Waals surface area contributed by atoms with Crippen LogP contribution in [0.3, 0.4) is 0 Å². The number of likely N-dealkylation sites (tertiary alicyclic amines) is 1. The maximum absolute atomic E-state index is 14.2. The standard InChI is InChI=1S/C46H70N4O4/c1-7-50(42-17-22-49(23-18-42)37(5)52)44-30-40(39-14-12-38(13-15-39)32-48-24-26-54-27-25-48)29-43(36(44)4)45(53)47-31-41(33-51)35(3)28-34(2)16-21-46(6)19-10-8-9-11-20-46/h12-15,29-30,33-35,41-42H,7-11,16-28,31-32H2,1-6H3,(H,47,53). The molecule has 1 saturated carbocycles. The number of carbonyl (C=O) groups is 3. The molecule has 3 aliphatic rings. The molecular formula is C46H70N4O4. The lowest BCUT2D eigenvalue weighted by Gasteiger charge is -2.40. The summed E-state index contributed by atoms with van der Waals surface area (Å²) in [6.45, 7) is 19.9. The Morgan fingerprint density at radius 1 is 0.981 bits per heavy atom. The van der Waals surface area contributed by atoms with Crippen LogP contribution in [0.5, 0.6) is 0 Å². The molecule has 2 aromatic rings. The molecule has 2 saturated heterocycles. The molecule has 3 unspecified atom stereocenters. The van der Waals surface area contributed by atoms with Crippen LogP contribution in [0.15, 0.2) is 36.4 Å². The number of benzene rings is 2. The number of piperidine rings is 1. The summed E-state index contributed by atoms with van der Waals surface area (Å²) >= 11 is 0. The molecule has 298 valence electrons. The zero-order valence-electron chi connectivity index (χ0n) is 34.5. The minimum Gasteiger partial charge on any atom is -0.379 e. The number of amides is 2. The molecule has 0 aromatic heterocycles. The van der Waals surface area contributed by atoms with Crippen LogP contribution in [0.25, 0.3) is 11.1 Å². The second-order valence-electron chi connectivity index (χ2n) is 17.4. The summed E-state index contributed by atoms with van der Waals surface area (Å²) in [5.74, 6) is 0.505. The van der Waals surface area contributed by atoms with Gasteiger partial charge in [-0.3, -0.25) is 14.5 Å². The minimum absolute atomic E-state index is 0.129. The van der Waals surface area contributed by atoms with E-state index in [1.807, 2.05) is 11.0 Å². The first-order chi connectivity index (χ1) is 26.0. The fourth-order valence-electron chi connectivity index (χ4n) is 9.38. The number of rotatable bonds is 16. The van der Waals surface area contributed by atoms with E-state index in [1.54, 1.807) is 6.92 Å². The molecule has 54 heavy (non-hydrogen) atoms. The second-order valence-corrected chi connectivity index (χ2v) is 17.4. The molecule has 2 amide bonds. The highest BCUT2D eigenvalue weighted by Crippen LogP contribution is 2.40. The van der Waals surface area contributed by atoms with Crippen molar-refractivity contribution >= 4 is 23.8 Å². The van der Waals surface area contributed by atoms with E-state index in [1.165, 1.54) is 56.9 Å². The third kappa shape index (κ3) is 11.4. The van der Waals surface area contributed by atoms with Crippen LogP contribution < -0.4 is 10.2 Å². The lowest BCUT2D eigenvalue weighted by molar-refractivity contribution is -0.129. The van der Waals surface area contributed by atoms with E-state index in [-0.39, 0.29) is 29.7 Å². The van der Waals surface area contributed by atoms with Crippen molar-refractivity contribution in [3.05, 3.63) is 53.1 Å². The lowest BCUT2D eigenvalue weighted by Crippen LogP contribution is -2.46. The van der Waals surface area contributed by atoms with E-state index in [4.69, 9.17) is 4.74 Å². The van der Waals surface area contributed by atoms with Crippen molar-refractivity contribution in [2.24, 2.45) is 23.2 Å². The van der Waals surface area contributed by atoms with E-state index in [0.717, 1.165) is 100 Å². The summed E-state index contributed by atoms with van der Waals surface area (Å²) in [7, 11) is 0. The second kappa shape index (κ2) is 20.1. The third-order valence-electron chi connectivity index (χ3n) is 13.2. The highest BCUT2D eigenvalue weighted by atomic mass is 16.5. The number of carbonyl (C=O) groups excluding carboxylic acids is 3. The number of hydrogen-bond donors (Lipinski definition) is 1. The molecule has 2 heterocycles. The molecule has 8 heteroatoms. The molecular weight excluding hydrogens is 673 g/mol. The van der Waals surface area contributed by atoms with Crippen LogP contribution >= 0.6 is 0 Å². The fraction of sp³-hybridized carbons (Fsp3) is 0.674. The Bertz CT molecular complexity index is 1500. The highest BCUT2D eigenvalue weighted by Gasteiger charge is 2.29. The van der Waals surface area contributed by atoms with E-state index >= 15 is 0 Å². The van der Waals surface area contributed by atoms with Crippen LogP contribution in [0.2, 0.25) is 0 Å². The largest absolute Gasteiger partial charge is 0.379 e. The van der Waals surface area contributed by atoms with Gasteiger partial charge >= 0.3 is 0 Å². The quantitative estimate of drug-likeness (QED) is 0.137. The zero-order valence-corrected chi connectivity index (χ0v) is 34.5. The molecule has 8 nitrogen and oxygen atoms in total. The van der Waals surface area contributed by atoms with Gasteiger partial charge in [-0.2, -0.15) is 0 Å². The Hall–Kier alpha value is -3.23. The van der Waals surface area contributed by atoms with Gasteiger partial charge in [0.15, 0.2) is 0 Å². The summed E-state index contributed by atoms with van der Waals surface area (Å²) in [4.78, 5) is 45.5. The molecule has 3 atom stereocenters. The number of morpholine rings is 1. The first-order valence-electron chi connectivity index (χ1n) is 21.3. The van der Waals surface area contributed by atoms with E-state index in [9.17, 15) is 14.4 Å². The molecule has 0 spiro atoms. The molecule has 0 radical (unpaired) electrons. The minimum atomic E-state index is -0.231. The normalized spacial score (nSPS) is 20.1.